The first-order valence-electron chi connectivity index (χ1n) is 7.55. The maximum absolute atomic E-state index is 11.8. The normalized spacial score (nSPS) is 30.3. The fourth-order valence-electron chi connectivity index (χ4n) is 3.06. The fraction of sp³-hybridized carbons (Fsp3) is 0.600. The topological polar surface area (TPSA) is 70.2 Å². The lowest BCUT2D eigenvalue weighted by atomic mass is 10.0. The summed E-state index contributed by atoms with van der Waals surface area (Å²) in [6.07, 6.45) is 11.4. The molecular weight excluding hydrogens is 286 g/mol. The summed E-state index contributed by atoms with van der Waals surface area (Å²) in [5.74, 6) is 1.11. The van der Waals surface area contributed by atoms with Crippen molar-refractivity contribution in [2.45, 2.75) is 49.1 Å². The summed E-state index contributed by atoms with van der Waals surface area (Å²) in [6.45, 7) is 0. The van der Waals surface area contributed by atoms with Crippen molar-refractivity contribution in [3.05, 3.63) is 24.3 Å². The number of unbranched alkanes of at least 4 members (excludes halogenated alkanes) is 1. The molecule has 114 valence electrons. The maximum atomic E-state index is 11.8. The average Bonchev–Trinajstić information content (AvgIpc) is 3.13. The molecule has 3 aliphatic rings. The molecule has 6 heteroatoms. The summed E-state index contributed by atoms with van der Waals surface area (Å²) in [5, 5.41) is 9.39. The van der Waals surface area contributed by atoms with Crippen LogP contribution in [0.1, 0.15) is 25.7 Å². The Morgan fingerprint density at radius 3 is 2.90 bits per heavy atom. The molecule has 3 rings (SSSR count). The van der Waals surface area contributed by atoms with E-state index in [0.29, 0.717) is 11.7 Å². The number of rotatable bonds is 6. The first-order valence-corrected chi connectivity index (χ1v) is 8.60. The van der Waals surface area contributed by atoms with Crippen LogP contribution in [0.5, 0.6) is 0 Å². The van der Waals surface area contributed by atoms with Crippen LogP contribution in [0.4, 0.5) is 4.79 Å². The maximum Gasteiger partial charge on any atom is 0.315 e. The molecule has 2 heterocycles. The van der Waals surface area contributed by atoms with Crippen LogP contribution in [0.3, 0.4) is 0 Å². The number of carbonyl (C=O) groups excluding carboxylic acids is 2. The van der Waals surface area contributed by atoms with Crippen molar-refractivity contribution >= 4 is 23.7 Å². The van der Waals surface area contributed by atoms with Gasteiger partial charge in [0, 0.05) is 17.4 Å². The van der Waals surface area contributed by atoms with Gasteiger partial charge in [-0.2, -0.15) is 11.8 Å². The van der Waals surface area contributed by atoms with Crippen LogP contribution in [0.15, 0.2) is 24.3 Å². The number of hydrogen-bond donors (Lipinski definition) is 3. The van der Waals surface area contributed by atoms with Gasteiger partial charge >= 0.3 is 6.03 Å². The second-order valence-electron chi connectivity index (χ2n) is 5.73. The molecule has 0 spiro atoms. The van der Waals surface area contributed by atoms with E-state index in [2.05, 4.69) is 16.0 Å². The van der Waals surface area contributed by atoms with Crippen LogP contribution in [-0.2, 0) is 4.79 Å². The molecule has 5 nitrogen and oxygen atoms in total. The highest BCUT2D eigenvalue weighted by Gasteiger charge is 2.42. The van der Waals surface area contributed by atoms with Gasteiger partial charge in [0.2, 0.25) is 5.91 Å². The number of hydrogen-bond acceptors (Lipinski definition) is 3. The molecule has 0 radical (unpaired) electrons. The van der Waals surface area contributed by atoms with Crippen molar-refractivity contribution in [1.82, 2.24) is 16.0 Å². The molecule has 0 aromatic carbocycles. The van der Waals surface area contributed by atoms with Crippen molar-refractivity contribution in [3.63, 3.8) is 0 Å². The zero-order valence-electron chi connectivity index (χ0n) is 11.9. The first-order chi connectivity index (χ1) is 10.2. The predicted octanol–water partition coefficient (Wildman–Crippen LogP) is 1.32. The molecule has 21 heavy (non-hydrogen) atoms. The molecule has 3 atom stereocenters. The third-order valence-electron chi connectivity index (χ3n) is 4.16. The molecule has 0 unspecified atom stereocenters. The number of amides is 3. The van der Waals surface area contributed by atoms with Crippen LogP contribution in [-0.4, -0.2) is 41.1 Å². The highest BCUT2D eigenvalue weighted by atomic mass is 32.2. The van der Waals surface area contributed by atoms with Crippen LogP contribution in [0, 0.1) is 0 Å². The van der Waals surface area contributed by atoms with Crippen molar-refractivity contribution in [2.75, 3.05) is 5.75 Å². The first kappa shape index (κ1) is 14.5. The largest absolute Gasteiger partial charge is 0.346 e. The van der Waals surface area contributed by atoms with E-state index in [1.807, 2.05) is 36.1 Å². The molecule has 2 fully saturated rings. The van der Waals surface area contributed by atoms with Gasteiger partial charge in [-0.15, -0.1) is 0 Å². The molecular formula is C15H21N3O2S. The number of thioether (sulfide) groups is 1. The quantitative estimate of drug-likeness (QED) is 0.512. The van der Waals surface area contributed by atoms with Gasteiger partial charge in [-0.3, -0.25) is 4.79 Å². The van der Waals surface area contributed by atoms with E-state index in [1.54, 1.807) is 0 Å². The Morgan fingerprint density at radius 1 is 1.29 bits per heavy atom. The lowest BCUT2D eigenvalue weighted by Crippen LogP contribution is -2.36. The van der Waals surface area contributed by atoms with Crippen LogP contribution in [0.25, 0.3) is 0 Å². The van der Waals surface area contributed by atoms with Gasteiger partial charge in [0.25, 0.3) is 0 Å². The van der Waals surface area contributed by atoms with Crippen LogP contribution < -0.4 is 16.0 Å². The Labute approximate surface area is 129 Å². The fourth-order valence-corrected chi connectivity index (χ4v) is 4.60. The van der Waals surface area contributed by atoms with Gasteiger partial charge in [-0.25, -0.2) is 4.79 Å². The zero-order valence-corrected chi connectivity index (χ0v) is 12.7. The molecule has 2 saturated heterocycles. The van der Waals surface area contributed by atoms with Crippen molar-refractivity contribution in [3.8, 4) is 0 Å². The molecule has 0 bridgehead atoms. The van der Waals surface area contributed by atoms with Gasteiger partial charge in [-0.1, -0.05) is 30.7 Å². The van der Waals surface area contributed by atoms with Crippen LogP contribution in [0.2, 0.25) is 0 Å². The smallest absolute Gasteiger partial charge is 0.315 e. The molecule has 0 aromatic heterocycles. The molecule has 3 amide bonds. The van der Waals surface area contributed by atoms with Gasteiger partial charge < -0.3 is 16.0 Å². The molecule has 3 N–H and O–H groups in total. The van der Waals surface area contributed by atoms with Gasteiger partial charge in [-0.05, 0) is 12.8 Å². The van der Waals surface area contributed by atoms with E-state index in [-0.39, 0.29) is 30.1 Å². The van der Waals surface area contributed by atoms with E-state index in [1.165, 1.54) is 0 Å². The Morgan fingerprint density at radius 2 is 2.10 bits per heavy atom. The number of allylic oxidation sites excluding steroid dienone is 2. The van der Waals surface area contributed by atoms with E-state index in [0.717, 1.165) is 25.0 Å². The van der Waals surface area contributed by atoms with Crippen LogP contribution >= 0.6 is 11.8 Å². The summed E-state index contributed by atoms with van der Waals surface area (Å²) in [7, 11) is 0. The third kappa shape index (κ3) is 3.61. The Kier molecular flexibility index (Phi) is 4.53. The number of urea groups is 1. The highest BCUT2D eigenvalue weighted by Crippen LogP contribution is 2.33. The van der Waals surface area contributed by atoms with Crippen molar-refractivity contribution < 1.29 is 9.59 Å². The van der Waals surface area contributed by atoms with Gasteiger partial charge in [0.05, 0.1) is 18.1 Å². The second kappa shape index (κ2) is 6.56. The van der Waals surface area contributed by atoms with E-state index in [9.17, 15) is 9.59 Å². The molecule has 2 aliphatic heterocycles. The van der Waals surface area contributed by atoms with Gasteiger partial charge in [0.15, 0.2) is 0 Å². The Hall–Kier alpha value is -1.43. The summed E-state index contributed by atoms with van der Waals surface area (Å²) in [4.78, 5) is 23.1. The monoisotopic (exact) mass is 307 g/mol. The van der Waals surface area contributed by atoms with E-state index >= 15 is 0 Å². The summed E-state index contributed by atoms with van der Waals surface area (Å²) in [6, 6.07) is 0.595. The second-order valence-corrected chi connectivity index (χ2v) is 7.00. The minimum atomic E-state index is -0.0349. The molecule has 1 aliphatic carbocycles. The minimum Gasteiger partial charge on any atom is -0.346 e. The third-order valence-corrected chi connectivity index (χ3v) is 5.66. The molecule has 0 aromatic rings. The number of fused-ring (bicyclic) bond motifs is 1. The molecule has 0 saturated carbocycles. The highest BCUT2D eigenvalue weighted by molar-refractivity contribution is 8.00. The number of carbonyl (C=O) groups is 2. The summed E-state index contributed by atoms with van der Waals surface area (Å²) < 4.78 is 0. The SMILES string of the molecule is O=C(CCCC[C@@H]1SC[C@@H]2NC(=O)N[C@@H]21)NC1C=CC=C1. The average molecular weight is 307 g/mol. The Balaban J connectivity index is 1.31. The van der Waals surface area contributed by atoms with E-state index < -0.39 is 0 Å². The summed E-state index contributed by atoms with van der Waals surface area (Å²) >= 11 is 1.93. The number of nitrogens with one attached hydrogen (secondary N) is 3. The van der Waals surface area contributed by atoms with E-state index in [4.69, 9.17) is 0 Å². The summed E-state index contributed by atoms with van der Waals surface area (Å²) in [5.41, 5.74) is 0. The lowest BCUT2D eigenvalue weighted by Gasteiger charge is -2.16. The van der Waals surface area contributed by atoms with Crippen molar-refractivity contribution in [1.29, 1.82) is 0 Å². The minimum absolute atomic E-state index is 0.0349. The zero-order chi connectivity index (χ0) is 14.7. The standard InChI is InChI=1S/C15H21N3O2S/c19-13(16-10-5-1-2-6-10)8-4-3-7-12-14-11(9-21-12)17-15(20)18-14/h1-2,5-6,10-12,14H,3-4,7-9H2,(H,16,19)(H2,17,18,20)/t11-,12-,14-/m0/s1. The lowest BCUT2D eigenvalue weighted by molar-refractivity contribution is -0.121. The van der Waals surface area contributed by atoms with Gasteiger partial charge in [0.1, 0.15) is 0 Å². The predicted molar refractivity (Wildman–Crippen MR) is 84.2 cm³/mol. The Bertz CT molecular complexity index is 466. The van der Waals surface area contributed by atoms with Crippen molar-refractivity contribution in [2.24, 2.45) is 0 Å².